The van der Waals surface area contributed by atoms with Crippen LogP contribution in [0, 0.1) is 5.41 Å². The molecule has 0 fully saturated rings. The van der Waals surface area contributed by atoms with Crippen LogP contribution in [0.3, 0.4) is 0 Å². The van der Waals surface area contributed by atoms with Crippen molar-refractivity contribution in [2.45, 2.75) is 58.0 Å². The fraction of sp³-hybridized carbons (Fsp3) is 0.611. The molecule has 0 saturated carbocycles. The number of nitrogens with two attached hydrogens (primary N) is 1. The van der Waals surface area contributed by atoms with Gasteiger partial charge < -0.3 is 9.26 Å². The fourth-order valence-electron chi connectivity index (χ4n) is 2.40. The number of halogens is 1. The Morgan fingerprint density at radius 2 is 1.88 bits per heavy atom. The Balaban J connectivity index is 2.59. The third kappa shape index (κ3) is 8.81. The summed E-state index contributed by atoms with van der Waals surface area (Å²) in [6.45, 7) is 11.8. The minimum atomic E-state index is -1.57. The Morgan fingerprint density at radius 1 is 1.27 bits per heavy atom. The zero-order valence-electron chi connectivity index (χ0n) is 16.3. The van der Waals surface area contributed by atoms with Crippen LogP contribution in [0.5, 0.6) is 5.75 Å². The lowest BCUT2D eigenvalue weighted by atomic mass is 9.90. The second-order valence-corrected chi connectivity index (χ2v) is 11.2. The molecule has 1 aromatic rings. The predicted molar refractivity (Wildman–Crippen MR) is 109 cm³/mol. The van der Waals surface area contributed by atoms with Gasteiger partial charge >= 0.3 is 5.97 Å². The zero-order chi connectivity index (χ0) is 20.1. The number of ether oxygens (including phenoxy) is 1. The molecule has 148 valence electrons. The molecule has 0 aliphatic heterocycles. The van der Waals surface area contributed by atoms with Crippen molar-refractivity contribution in [2.24, 2.45) is 10.6 Å². The van der Waals surface area contributed by atoms with E-state index in [0.717, 1.165) is 12.6 Å². The topological polar surface area (TPSA) is 78.6 Å². The lowest BCUT2D eigenvalue weighted by Crippen LogP contribution is -2.25. The van der Waals surface area contributed by atoms with Crippen LogP contribution in [-0.4, -0.2) is 28.6 Å². The molecule has 2 N–H and O–H groups in total. The van der Waals surface area contributed by atoms with Crippen LogP contribution < -0.4 is 9.66 Å². The monoisotopic (exact) mass is 421 g/mol. The first kappa shape index (κ1) is 23.4. The second-order valence-electron chi connectivity index (χ2n) is 8.02. The molecule has 0 aromatic heterocycles. The summed E-state index contributed by atoms with van der Waals surface area (Å²) in [5, 5.41) is 5.74. The Kier molecular flexibility index (Phi) is 8.53. The molecule has 5 nitrogen and oxygen atoms in total. The van der Waals surface area contributed by atoms with Crippen LogP contribution in [0.4, 0.5) is 0 Å². The average molecular weight is 422 g/mol. The summed E-state index contributed by atoms with van der Waals surface area (Å²) in [4.78, 5) is 12.4. The number of hydrogen-bond donors (Lipinski definition) is 1. The van der Waals surface area contributed by atoms with Crippen LogP contribution >= 0.6 is 19.7 Å². The van der Waals surface area contributed by atoms with Crippen molar-refractivity contribution < 1.29 is 18.3 Å². The molecule has 0 aliphatic carbocycles. The van der Waals surface area contributed by atoms with Crippen LogP contribution in [0.1, 0.15) is 47.5 Å². The zero-order valence-corrected chi connectivity index (χ0v) is 18.8. The van der Waals surface area contributed by atoms with E-state index in [1.165, 1.54) is 0 Å². The normalized spacial score (nSPS) is 14.6. The molecule has 0 heterocycles. The van der Waals surface area contributed by atoms with Gasteiger partial charge in [-0.05, 0) is 57.5 Å². The summed E-state index contributed by atoms with van der Waals surface area (Å²) in [5.74, 6) is 0.373. The van der Waals surface area contributed by atoms with E-state index in [1.54, 1.807) is 18.2 Å². The average Bonchev–Trinajstić information content (AvgIpc) is 2.45. The minimum Gasteiger partial charge on any atom is -0.473 e. The van der Waals surface area contributed by atoms with Crippen molar-refractivity contribution in [3.63, 3.8) is 0 Å². The number of hydrogen-bond acceptors (Lipinski definition) is 4. The van der Waals surface area contributed by atoms with E-state index in [0.29, 0.717) is 22.1 Å². The second kappa shape index (κ2) is 9.50. The summed E-state index contributed by atoms with van der Waals surface area (Å²) in [5.41, 5.74) is -0.527. The van der Waals surface area contributed by atoms with Gasteiger partial charge in [0, 0.05) is 12.6 Å². The van der Waals surface area contributed by atoms with E-state index in [1.807, 2.05) is 27.4 Å². The molecule has 0 saturated heterocycles. The third-order valence-corrected chi connectivity index (χ3v) is 6.29. The molecule has 2 atom stereocenters. The van der Waals surface area contributed by atoms with Crippen LogP contribution in [0.2, 0.25) is 5.02 Å². The smallest absolute Gasteiger partial charge is 0.306 e. The molecular weight excluding hydrogens is 393 g/mol. The fourth-order valence-corrected chi connectivity index (χ4v) is 5.09. The molecule has 2 unspecified atom stereocenters. The maximum Gasteiger partial charge on any atom is 0.306 e. The van der Waals surface area contributed by atoms with Crippen molar-refractivity contribution in [1.82, 2.24) is 0 Å². The van der Waals surface area contributed by atoms with Crippen molar-refractivity contribution in [3.8, 4) is 5.75 Å². The van der Waals surface area contributed by atoms with Crippen molar-refractivity contribution in [2.75, 3.05) is 12.8 Å². The van der Waals surface area contributed by atoms with Gasteiger partial charge in [-0.25, -0.2) is 9.35 Å². The third-order valence-electron chi connectivity index (χ3n) is 3.47. The van der Waals surface area contributed by atoms with E-state index in [2.05, 4.69) is 13.8 Å². The van der Waals surface area contributed by atoms with Gasteiger partial charge in [-0.2, -0.15) is 0 Å². The quantitative estimate of drug-likeness (QED) is 0.479. The number of benzene rings is 1. The van der Waals surface area contributed by atoms with Gasteiger partial charge in [-0.1, -0.05) is 25.4 Å². The van der Waals surface area contributed by atoms with Gasteiger partial charge in [0.15, 0.2) is 0 Å². The highest BCUT2D eigenvalue weighted by Crippen LogP contribution is 2.44. The number of rotatable bonds is 8. The Hall–Kier alpha value is -0.680. The Morgan fingerprint density at radius 3 is 2.38 bits per heavy atom. The first-order valence-electron chi connectivity index (χ1n) is 8.36. The summed E-state index contributed by atoms with van der Waals surface area (Å²) in [6, 6.07) is 4.90. The predicted octanol–water partition coefficient (Wildman–Crippen LogP) is 4.87. The van der Waals surface area contributed by atoms with E-state index < -0.39 is 24.7 Å². The van der Waals surface area contributed by atoms with Gasteiger partial charge in [0.05, 0.1) is 18.1 Å². The summed E-state index contributed by atoms with van der Waals surface area (Å²) in [7, 11) is -2.36. The van der Waals surface area contributed by atoms with Crippen molar-refractivity contribution in [1.29, 1.82) is 0 Å². The highest BCUT2D eigenvalue weighted by molar-refractivity contribution is 7.82. The minimum absolute atomic E-state index is 0.0669. The number of esters is 1. The first-order valence-corrected chi connectivity index (χ1v) is 11.8. The highest BCUT2D eigenvalue weighted by Gasteiger charge is 2.25. The van der Waals surface area contributed by atoms with Gasteiger partial charge in [0.2, 0.25) is 0 Å². The molecule has 8 heteroatoms. The molecule has 0 spiro atoms. The van der Waals surface area contributed by atoms with Gasteiger partial charge in [0.1, 0.15) is 22.3 Å². The molecule has 1 aromatic carbocycles. The SMILES string of the molecule is CP(CC(C)(C)CCC(=O)OC(C)(C)C)Oc1ccc(S(N)=O)cc1Cl. The maximum absolute atomic E-state index is 11.9. The molecular formula is C18H29ClNO4PS. The lowest BCUT2D eigenvalue weighted by molar-refractivity contribution is -0.155. The van der Waals surface area contributed by atoms with Crippen LogP contribution in [-0.2, 0) is 20.5 Å². The number of carbonyl (C=O) groups excluding carboxylic acids is 1. The maximum atomic E-state index is 11.9. The summed E-state index contributed by atoms with van der Waals surface area (Å²) in [6.07, 6.45) is 1.91. The summed E-state index contributed by atoms with van der Waals surface area (Å²) >= 11 is 6.19. The molecule has 0 radical (unpaired) electrons. The largest absolute Gasteiger partial charge is 0.473 e. The lowest BCUT2D eigenvalue weighted by Gasteiger charge is -2.28. The Bertz CT molecular complexity index is 661. The standard InChI is InChI=1S/C18H29ClNO4PS/c1-17(2,3)23-16(21)9-10-18(4,5)12-25(6)24-15-8-7-13(26(20)22)11-14(15)19/h7-8,11H,9-10,12,20H2,1-6H3. The van der Waals surface area contributed by atoms with E-state index in [-0.39, 0.29) is 11.4 Å². The van der Waals surface area contributed by atoms with Crippen molar-refractivity contribution >= 4 is 36.7 Å². The van der Waals surface area contributed by atoms with E-state index in [4.69, 9.17) is 26.0 Å². The molecule has 26 heavy (non-hydrogen) atoms. The molecule has 0 bridgehead atoms. The molecule has 1 rings (SSSR count). The first-order chi connectivity index (χ1) is 11.8. The van der Waals surface area contributed by atoms with Crippen LogP contribution in [0.25, 0.3) is 0 Å². The van der Waals surface area contributed by atoms with Gasteiger partial charge in [-0.15, -0.1) is 0 Å². The van der Waals surface area contributed by atoms with E-state index >= 15 is 0 Å². The van der Waals surface area contributed by atoms with Crippen LogP contribution in [0.15, 0.2) is 23.1 Å². The van der Waals surface area contributed by atoms with Gasteiger partial charge in [-0.3, -0.25) is 4.79 Å². The highest BCUT2D eigenvalue weighted by atomic mass is 35.5. The Labute approximate surface area is 165 Å². The van der Waals surface area contributed by atoms with E-state index in [9.17, 15) is 9.00 Å². The van der Waals surface area contributed by atoms with Gasteiger partial charge in [0.25, 0.3) is 0 Å². The summed E-state index contributed by atoms with van der Waals surface area (Å²) < 4.78 is 22.6. The number of carbonyl (C=O) groups is 1. The molecule has 0 amide bonds. The van der Waals surface area contributed by atoms with Crippen molar-refractivity contribution in [3.05, 3.63) is 23.2 Å². The molecule has 0 aliphatic rings.